The van der Waals surface area contributed by atoms with Gasteiger partial charge < -0.3 is 0 Å². The number of allylic oxidation sites excluding steroid dienone is 1. The predicted octanol–water partition coefficient (Wildman–Crippen LogP) is 5.65. The van der Waals surface area contributed by atoms with Crippen LogP contribution in [0.2, 0.25) is 0 Å². The van der Waals surface area contributed by atoms with Crippen molar-refractivity contribution >= 4 is 11.6 Å². The normalized spacial score (nSPS) is 12.8. The Kier molecular flexibility index (Phi) is 6.57. The molecule has 0 spiro atoms. The van der Waals surface area contributed by atoms with Crippen LogP contribution in [0.5, 0.6) is 0 Å². The zero-order chi connectivity index (χ0) is 12.1. The molecule has 1 aromatic carbocycles. The molecule has 0 fully saturated rings. The van der Waals surface area contributed by atoms with Crippen LogP contribution >= 0.6 is 0 Å². The number of benzene rings is 1. The Bertz CT molecular complexity index is 397. The first kappa shape index (κ1) is 15.7. The largest absolute Gasteiger partial charge is 0.0984 e. The summed E-state index contributed by atoms with van der Waals surface area (Å²) in [5.41, 5.74) is 6.69. The summed E-state index contributed by atoms with van der Waals surface area (Å²) in [6, 6.07) is 4.43. The molecule has 1 aliphatic carbocycles. The van der Waals surface area contributed by atoms with E-state index in [-0.39, 0.29) is 7.43 Å². The molecule has 0 aromatic heterocycles. The van der Waals surface area contributed by atoms with Crippen molar-refractivity contribution in [1.29, 1.82) is 0 Å². The molecule has 0 atom stereocenters. The summed E-state index contributed by atoms with van der Waals surface area (Å²) in [6.07, 6.45) is 5.53. The summed E-state index contributed by atoms with van der Waals surface area (Å²) >= 11 is 0. The van der Waals surface area contributed by atoms with Gasteiger partial charge in [0.2, 0.25) is 0 Å². The number of fused-ring (bicyclic) bond motifs is 1. The Balaban J connectivity index is 0.000000811. The average molecular weight is 230 g/mol. The molecule has 1 aromatic rings. The zero-order valence-electron chi connectivity index (χ0n) is 10.8. The molecule has 0 heteroatoms. The van der Waals surface area contributed by atoms with Gasteiger partial charge in [0.1, 0.15) is 0 Å². The number of aryl methyl sites for hydroxylation is 2. The van der Waals surface area contributed by atoms with E-state index in [4.69, 9.17) is 0 Å². The van der Waals surface area contributed by atoms with E-state index in [0.29, 0.717) is 0 Å². The molecule has 0 saturated carbocycles. The van der Waals surface area contributed by atoms with E-state index >= 15 is 0 Å². The standard InChI is InChI=1S/C14H16.C2H6.CH4/c1-4-13-10(2)8-9-12-7-5-6-11(3)14(12)13;1-2;/h4,8-9H,1,3,5-7H2,2H3;1-2H3;1H4. The molecule has 0 amide bonds. The summed E-state index contributed by atoms with van der Waals surface area (Å²) < 4.78 is 0. The Hall–Kier alpha value is -1.30. The number of hydrogen-bond acceptors (Lipinski definition) is 0. The Labute approximate surface area is 107 Å². The highest BCUT2D eigenvalue weighted by Crippen LogP contribution is 2.34. The van der Waals surface area contributed by atoms with Crippen molar-refractivity contribution < 1.29 is 0 Å². The van der Waals surface area contributed by atoms with Gasteiger partial charge >= 0.3 is 0 Å². The summed E-state index contributed by atoms with van der Waals surface area (Å²) in [6.45, 7) is 14.2. The number of hydrogen-bond donors (Lipinski definition) is 0. The van der Waals surface area contributed by atoms with Crippen LogP contribution in [-0.2, 0) is 6.42 Å². The van der Waals surface area contributed by atoms with Gasteiger partial charge in [-0.05, 0) is 54.0 Å². The third-order valence-electron chi connectivity index (χ3n) is 3.03. The second kappa shape index (κ2) is 7.11. The van der Waals surface area contributed by atoms with Crippen LogP contribution < -0.4 is 0 Å². The van der Waals surface area contributed by atoms with Crippen molar-refractivity contribution in [2.24, 2.45) is 0 Å². The molecule has 0 unspecified atom stereocenters. The Morgan fingerprint density at radius 2 is 1.82 bits per heavy atom. The van der Waals surface area contributed by atoms with Crippen LogP contribution in [0.4, 0.5) is 0 Å². The molecular weight excluding hydrogens is 204 g/mol. The maximum atomic E-state index is 4.16. The van der Waals surface area contributed by atoms with E-state index in [2.05, 4.69) is 32.2 Å². The van der Waals surface area contributed by atoms with Crippen molar-refractivity contribution in [2.45, 2.75) is 47.5 Å². The van der Waals surface area contributed by atoms with Crippen molar-refractivity contribution in [1.82, 2.24) is 0 Å². The van der Waals surface area contributed by atoms with Crippen LogP contribution in [0, 0.1) is 6.92 Å². The third kappa shape index (κ3) is 3.09. The predicted molar refractivity (Wildman–Crippen MR) is 81.3 cm³/mol. The molecule has 0 heterocycles. The van der Waals surface area contributed by atoms with Crippen molar-refractivity contribution in [2.75, 3.05) is 0 Å². The quantitative estimate of drug-likeness (QED) is 0.585. The van der Waals surface area contributed by atoms with Gasteiger partial charge in [0, 0.05) is 0 Å². The summed E-state index contributed by atoms with van der Waals surface area (Å²) in [5.74, 6) is 0. The van der Waals surface area contributed by atoms with Crippen LogP contribution in [0.15, 0.2) is 25.3 Å². The van der Waals surface area contributed by atoms with E-state index in [0.717, 1.165) is 6.42 Å². The van der Waals surface area contributed by atoms with Crippen molar-refractivity contribution in [3.63, 3.8) is 0 Å². The maximum absolute atomic E-state index is 4.16. The minimum absolute atomic E-state index is 0. The molecule has 17 heavy (non-hydrogen) atoms. The minimum Gasteiger partial charge on any atom is -0.0984 e. The molecule has 2 rings (SSSR count). The first-order valence-corrected chi connectivity index (χ1v) is 6.17. The van der Waals surface area contributed by atoms with E-state index in [9.17, 15) is 0 Å². The topological polar surface area (TPSA) is 0 Å². The minimum atomic E-state index is 0. The van der Waals surface area contributed by atoms with Gasteiger partial charge in [-0.3, -0.25) is 0 Å². The van der Waals surface area contributed by atoms with Crippen LogP contribution in [0.1, 0.15) is 56.4 Å². The fourth-order valence-electron chi connectivity index (χ4n) is 2.27. The van der Waals surface area contributed by atoms with Gasteiger partial charge in [-0.2, -0.15) is 0 Å². The lowest BCUT2D eigenvalue weighted by molar-refractivity contribution is 0.822. The molecule has 0 radical (unpaired) electrons. The van der Waals surface area contributed by atoms with E-state index < -0.39 is 0 Å². The monoisotopic (exact) mass is 230 g/mol. The van der Waals surface area contributed by atoms with Crippen LogP contribution in [0.3, 0.4) is 0 Å². The highest BCUT2D eigenvalue weighted by Gasteiger charge is 2.15. The van der Waals surface area contributed by atoms with Crippen LogP contribution in [0.25, 0.3) is 11.6 Å². The van der Waals surface area contributed by atoms with E-state index in [1.54, 1.807) is 0 Å². The molecule has 1 aliphatic rings. The maximum Gasteiger partial charge on any atom is -0.0123 e. The highest BCUT2D eigenvalue weighted by molar-refractivity contribution is 5.77. The second-order valence-electron chi connectivity index (χ2n) is 3.99. The van der Waals surface area contributed by atoms with Gasteiger partial charge in [-0.15, -0.1) is 0 Å². The van der Waals surface area contributed by atoms with Crippen molar-refractivity contribution in [3.05, 3.63) is 47.5 Å². The first-order chi connectivity index (χ1) is 7.74. The zero-order valence-corrected chi connectivity index (χ0v) is 10.8. The summed E-state index contributed by atoms with van der Waals surface area (Å²) in [4.78, 5) is 0. The van der Waals surface area contributed by atoms with Crippen LogP contribution in [-0.4, -0.2) is 0 Å². The molecule has 0 nitrogen and oxygen atoms in total. The Morgan fingerprint density at radius 3 is 2.41 bits per heavy atom. The average Bonchev–Trinajstić information content (AvgIpc) is 2.33. The lowest BCUT2D eigenvalue weighted by atomic mass is 9.83. The van der Waals surface area contributed by atoms with E-state index in [1.165, 1.54) is 40.7 Å². The molecular formula is C17H26. The van der Waals surface area contributed by atoms with Gasteiger partial charge in [-0.25, -0.2) is 0 Å². The van der Waals surface area contributed by atoms with Gasteiger partial charge in [0.15, 0.2) is 0 Å². The fourth-order valence-corrected chi connectivity index (χ4v) is 2.27. The molecule has 0 aliphatic heterocycles. The summed E-state index contributed by atoms with van der Waals surface area (Å²) in [5, 5.41) is 0. The first-order valence-electron chi connectivity index (χ1n) is 6.17. The molecule has 0 saturated heterocycles. The Morgan fingerprint density at radius 1 is 1.18 bits per heavy atom. The highest BCUT2D eigenvalue weighted by atomic mass is 14.2. The van der Waals surface area contributed by atoms with Crippen molar-refractivity contribution in [3.8, 4) is 0 Å². The fraction of sp³-hybridized carbons (Fsp3) is 0.412. The molecule has 94 valence electrons. The van der Waals surface area contributed by atoms with Gasteiger partial charge in [0.05, 0.1) is 0 Å². The lowest BCUT2D eigenvalue weighted by Crippen LogP contribution is -2.04. The SMILES string of the molecule is C.C=Cc1c(C)ccc2c1C(=C)CCC2.CC. The van der Waals surface area contributed by atoms with E-state index in [1.807, 2.05) is 19.9 Å². The van der Waals surface area contributed by atoms with Gasteiger partial charge in [0.25, 0.3) is 0 Å². The molecule has 0 N–H and O–H groups in total. The van der Waals surface area contributed by atoms with Gasteiger partial charge in [-0.1, -0.05) is 52.6 Å². The molecule has 0 bridgehead atoms. The summed E-state index contributed by atoms with van der Waals surface area (Å²) in [7, 11) is 0. The smallest absolute Gasteiger partial charge is 0.0123 e. The lowest BCUT2D eigenvalue weighted by Gasteiger charge is -2.21. The third-order valence-corrected chi connectivity index (χ3v) is 3.03. The second-order valence-corrected chi connectivity index (χ2v) is 3.99. The number of rotatable bonds is 1.